The minimum atomic E-state index is -0.110. The minimum Gasteiger partial charge on any atom is -0.232 e. The average Bonchev–Trinajstić information content (AvgIpc) is 2.41. The molecule has 83 valence electrons. The van der Waals surface area contributed by atoms with E-state index in [1.165, 1.54) is 5.56 Å². The van der Waals surface area contributed by atoms with Crippen LogP contribution in [-0.4, -0.2) is 0 Å². The van der Waals surface area contributed by atoms with E-state index in [0.29, 0.717) is 5.88 Å². The van der Waals surface area contributed by atoms with Crippen molar-refractivity contribution in [3.05, 3.63) is 71.8 Å². The molecule has 1 radical (unpaired) electrons. The number of rotatable bonds is 2. The van der Waals surface area contributed by atoms with E-state index in [1.54, 1.807) is 0 Å². The van der Waals surface area contributed by atoms with Gasteiger partial charge in [-0.15, -0.1) is 11.6 Å². The van der Waals surface area contributed by atoms with Gasteiger partial charge in [-0.25, -0.2) is 5.11 Å². The zero-order valence-electron chi connectivity index (χ0n) is 8.97. The van der Waals surface area contributed by atoms with Gasteiger partial charge in [0.2, 0.25) is 0 Å². The van der Waals surface area contributed by atoms with E-state index in [-0.39, 0.29) is 6.61 Å². The molecule has 0 atom stereocenters. The smallest absolute Gasteiger partial charge is 0.107 e. The van der Waals surface area contributed by atoms with E-state index in [0.717, 1.165) is 5.56 Å². The van der Waals surface area contributed by atoms with E-state index in [2.05, 4.69) is 0 Å². The first-order valence-corrected chi connectivity index (χ1v) is 5.62. The molecule has 0 aliphatic carbocycles. The molecule has 0 heterocycles. The lowest BCUT2D eigenvalue weighted by atomic mass is 10.2. The maximum atomic E-state index is 10.1. The Morgan fingerprint density at radius 1 is 0.750 bits per heavy atom. The number of benzene rings is 2. The van der Waals surface area contributed by atoms with Gasteiger partial charge in [0.25, 0.3) is 0 Å². The number of alkyl halides is 1. The average molecular weight is 234 g/mol. The zero-order chi connectivity index (χ0) is 11.6. The molecule has 0 aromatic heterocycles. The first kappa shape index (κ1) is 12.8. The van der Waals surface area contributed by atoms with Crippen molar-refractivity contribution in [2.75, 3.05) is 0 Å². The third-order valence-corrected chi connectivity index (χ3v) is 2.32. The molecule has 16 heavy (non-hydrogen) atoms. The SMILES string of the molecule is ClCc1ccccc1.[O]Cc1ccccc1. The largest absolute Gasteiger partial charge is 0.232 e. The summed E-state index contributed by atoms with van der Waals surface area (Å²) in [5, 5.41) is 10.1. The first-order chi connectivity index (χ1) is 7.86. The van der Waals surface area contributed by atoms with Crippen LogP contribution in [0.3, 0.4) is 0 Å². The van der Waals surface area contributed by atoms with Crippen LogP contribution < -0.4 is 0 Å². The first-order valence-electron chi connectivity index (χ1n) is 5.08. The minimum absolute atomic E-state index is 0.110. The van der Waals surface area contributed by atoms with E-state index in [1.807, 2.05) is 60.7 Å². The van der Waals surface area contributed by atoms with Crippen LogP contribution >= 0.6 is 11.6 Å². The van der Waals surface area contributed by atoms with E-state index >= 15 is 0 Å². The fourth-order valence-electron chi connectivity index (χ4n) is 1.14. The molecule has 0 bridgehead atoms. The molecule has 0 saturated carbocycles. The summed E-state index contributed by atoms with van der Waals surface area (Å²) in [6, 6.07) is 19.3. The third kappa shape index (κ3) is 4.96. The monoisotopic (exact) mass is 233 g/mol. The summed E-state index contributed by atoms with van der Waals surface area (Å²) in [6.07, 6.45) is 0. The lowest BCUT2D eigenvalue weighted by Crippen LogP contribution is -1.75. The highest BCUT2D eigenvalue weighted by Crippen LogP contribution is 2.00. The summed E-state index contributed by atoms with van der Waals surface area (Å²) in [7, 11) is 0. The Bertz CT molecular complexity index is 333. The second kappa shape index (κ2) is 7.91. The van der Waals surface area contributed by atoms with Crippen molar-refractivity contribution >= 4 is 11.6 Å². The van der Waals surface area contributed by atoms with Crippen molar-refractivity contribution in [1.29, 1.82) is 0 Å². The Labute approximate surface area is 101 Å². The summed E-state index contributed by atoms with van der Waals surface area (Å²) in [4.78, 5) is 0. The zero-order valence-corrected chi connectivity index (χ0v) is 9.73. The van der Waals surface area contributed by atoms with Crippen LogP contribution in [0.2, 0.25) is 0 Å². The highest BCUT2D eigenvalue weighted by Gasteiger charge is 1.83. The summed E-state index contributed by atoms with van der Waals surface area (Å²) >= 11 is 5.53. The molecule has 2 rings (SSSR count). The van der Waals surface area contributed by atoms with Crippen molar-refractivity contribution in [1.82, 2.24) is 0 Å². The molecule has 0 amide bonds. The number of hydrogen-bond donors (Lipinski definition) is 0. The molecule has 0 saturated heterocycles. The van der Waals surface area contributed by atoms with Crippen LogP contribution in [-0.2, 0) is 17.6 Å². The van der Waals surface area contributed by atoms with Gasteiger partial charge in [0.15, 0.2) is 0 Å². The van der Waals surface area contributed by atoms with E-state index in [9.17, 15) is 5.11 Å². The molecular weight excluding hydrogens is 220 g/mol. The number of halogens is 1. The second-order valence-electron chi connectivity index (χ2n) is 3.25. The van der Waals surface area contributed by atoms with Gasteiger partial charge in [-0.1, -0.05) is 60.7 Å². The maximum Gasteiger partial charge on any atom is 0.107 e. The van der Waals surface area contributed by atoms with Crippen molar-refractivity contribution < 1.29 is 5.11 Å². The van der Waals surface area contributed by atoms with Gasteiger partial charge >= 0.3 is 0 Å². The summed E-state index contributed by atoms with van der Waals surface area (Å²) in [5.41, 5.74) is 2.03. The molecule has 0 aliphatic heterocycles. The van der Waals surface area contributed by atoms with Crippen LogP contribution in [0.5, 0.6) is 0 Å². The molecular formula is C14H14ClO. The molecule has 0 aliphatic rings. The van der Waals surface area contributed by atoms with Gasteiger partial charge in [0.1, 0.15) is 6.61 Å². The Kier molecular flexibility index (Phi) is 6.31. The summed E-state index contributed by atoms with van der Waals surface area (Å²) in [6.45, 7) is -0.110. The molecule has 2 aromatic carbocycles. The molecule has 0 fully saturated rings. The maximum absolute atomic E-state index is 10.1. The predicted octanol–water partition coefficient (Wildman–Crippen LogP) is 4.04. The third-order valence-electron chi connectivity index (χ3n) is 2.01. The van der Waals surface area contributed by atoms with Gasteiger partial charge < -0.3 is 0 Å². The normalized spacial score (nSPS) is 9.12. The van der Waals surface area contributed by atoms with Gasteiger partial charge in [0, 0.05) is 5.88 Å². The lowest BCUT2D eigenvalue weighted by Gasteiger charge is -1.88. The fraction of sp³-hybridized carbons (Fsp3) is 0.143. The standard InChI is InChI=1S/C7H7Cl.C7H7O/c2*8-6-7-4-2-1-3-5-7/h2*1-5H,6H2. The van der Waals surface area contributed by atoms with Crippen molar-refractivity contribution in [2.24, 2.45) is 0 Å². The van der Waals surface area contributed by atoms with Gasteiger partial charge in [-0.3, -0.25) is 0 Å². The van der Waals surface area contributed by atoms with E-state index < -0.39 is 0 Å². The van der Waals surface area contributed by atoms with Crippen LogP contribution in [0.15, 0.2) is 60.7 Å². The van der Waals surface area contributed by atoms with Crippen molar-refractivity contribution in [2.45, 2.75) is 12.5 Å². The molecule has 2 aromatic rings. The quantitative estimate of drug-likeness (QED) is 0.698. The van der Waals surface area contributed by atoms with Gasteiger partial charge in [-0.05, 0) is 11.1 Å². The van der Waals surface area contributed by atoms with E-state index in [4.69, 9.17) is 11.6 Å². The Morgan fingerprint density at radius 3 is 1.44 bits per heavy atom. The Hall–Kier alpha value is -1.31. The fourth-order valence-corrected chi connectivity index (χ4v) is 1.32. The van der Waals surface area contributed by atoms with Gasteiger partial charge in [0.05, 0.1) is 0 Å². The summed E-state index contributed by atoms with van der Waals surface area (Å²) < 4.78 is 0. The Balaban J connectivity index is 0.000000160. The predicted molar refractivity (Wildman–Crippen MR) is 66.8 cm³/mol. The Morgan fingerprint density at radius 2 is 1.19 bits per heavy atom. The molecule has 0 spiro atoms. The van der Waals surface area contributed by atoms with Crippen LogP contribution in [0, 0.1) is 0 Å². The highest BCUT2D eigenvalue weighted by atomic mass is 35.5. The lowest BCUT2D eigenvalue weighted by molar-refractivity contribution is 0.177. The topological polar surface area (TPSA) is 19.9 Å². The van der Waals surface area contributed by atoms with Crippen LogP contribution in [0.4, 0.5) is 0 Å². The summed E-state index contributed by atoms with van der Waals surface area (Å²) in [5.74, 6) is 0.612. The van der Waals surface area contributed by atoms with Crippen molar-refractivity contribution in [3.8, 4) is 0 Å². The molecule has 0 unspecified atom stereocenters. The molecule has 2 heteroatoms. The van der Waals surface area contributed by atoms with Crippen molar-refractivity contribution in [3.63, 3.8) is 0 Å². The number of hydrogen-bond acceptors (Lipinski definition) is 0. The highest BCUT2D eigenvalue weighted by molar-refractivity contribution is 6.17. The van der Waals surface area contributed by atoms with Gasteiger partial charge in [-0.2, -0.15) is 0 Å². The molecule has 1 nitrogen and oxygen atoms in total. The molecule has 0 N–H and O–H groups in total. The van der Waals surface area contributed by atoms with Crippen LogP contribution in [0.1, 0.15) is 11.1 Å². The second-order valence-corrected chi connectivity index (χ2v) is 3.52. The van der Waals surface area contributed by atoms with Crippen LogP contribution in [0.25, 0.3) is 0 Å².